The largest absolute Gasteiger partial charge is 0.381 e. The van der Waals surface area contributed by atoms with E-state index in [1.165, 1.54) is 12.1 Å². The zero-order valence-corrected chi connectivity index (χ0v) is 16.7. The van der Waals surface area contributed by atoms with E-state index in [1.54, 1.807) is 19.4 Å². The summed E-state index contributed by atoms with van der Waals surface area (Å²) in [5.41, 5.74) is 2.46. The van der Waals surface area contributed by atoms with Crippen molar-refractivity contribution in [3.05, 3.63) is 83.7 Å². The minimum Gasteiger partial charge on any atom is -0.381 e. The monoisotopic (exact) mass is 396 g/mol. The van der Waals surface area contributed by atoms with E-state index in [4.69, 9.17) is 14.2 Å². The van der Waals surface area contributed by atoms with Crippen LogP contribution in [0, 0.1) is 12.7 Å². The van der Waals surface area contributed by atoms with Gasteiger partial charge in [0.2, 0.25) is 0 Å². The standard InChI is InChI=1S/C23H25FN2O3/c1-17-25-11-12-26(17)22-14-19(24)8-9-21(22)23(15-20(27-2)10-13-28-23)29-16-18-6-4-3-5-7-18/h3-9,11-12,14,20H,10,13,15-16H2,1-2H3. The lowest BCUT2D eigenvalue weighted by Gasteiger charge is -2.41. The Morgan fingerprint density at radius 3 is 2.79 bits per heavy atom. The third-order valence-corrected chi connectivity index (χ3v) is 5.38. The first kappa shape index (κ1) is 19.8. The molecule has 0 bridgehead atoms. The van der Waals surface area contributed by atoms with Crippen LogP contribution in [0.1, 0.15) is 29.8 Å². The number of ether oxygens (including phenoxy) is 3. The van der Waals surface area contributed by atoms with Gasteiger partial charge in [0.25, 0.3) is 0 Å². The lowest BCUT2D eigenvalue weighted by molar-refractivity contribution is -0.288. The van der Waals surface area contributed by atoms with Crippen molar-refractivity contribution < 1.29 is 18.6 Å². The fourth-order valence-electron chi connectivity index (χ4n) is 3.82. The van der Waals surface area contributed by atoms with Crippen molar-refractivity contribution in [1.82, 2.24) is 9.55 Å². The molecule has 1 aliphatic rings. The highest BCUT2D eigenvalue weighted by atomic mass is 19.1. The predicted octanol–water partition coefficient (Wildman–Crippen LogP) is 4.51. The first-order valence-electron chi connectivity index (χ1n) is 9.76. The lowest BCUT2D eigenvalue weighted by Crippen LogP contribution is -2.43. The zero-order chi connectivity index (χ0) is 20.3. The molecule has 2 atom stereocenters. The molecule has 2 unspecified atom stereocenters. The van der Waals surface area contributed by atoms with Crippen LogP contribution in [0.3, 0.4) is 0 Å². The van der Waals surface area contributed by atoms with Gasteiger partial charge in [-0.3, -0.25) is 0 Å². The summed E-state index contributed by atoms with van der Waals surface area (Å²) in [7, 11) is 1.70. The summed E-state index contributed by atoms with van der Waals surface area (Å²) in [6, 6.07) is 14.6. The Kier molecular flexibility index (Phi) is 5.76. The third-order valence-electron chi connectivity index (χ3n) is 5.38. The van der Waals surface area contributed by atoms with Crippen LogP contribution in [0.4, 0.5) is 4.39 Å². The lowest BCUT2D eigenvalue weighted by atomic mass is 9.93. The van der Waals surface area contributed by atoms with Gasteiger partial charge in [-0.25, -0.2) is 9.37 Å². The van der Waals surface area contributed by atoms with Crippen LogP contribution in [-0.2, 0) is 26.6 Å². The van der Waals surface area contributed by atoms with Gasteiger partial charge in [0, 0.05) is 31.5 Å². The van der Waals surface area contributed by atoms with Crippen molar-refractivity contribution >= 4 is 0 Å². The van der Waals surface area contributed by atoms with E-state index in [1.807, 2.05) is 48.0 Å². The number of nitrogens with zero attached hydrogens (tertiary/aromatic N) is 2. The van der Waals surface area contributed by atoms with Crippen molar-refractivity contribution in [2.45, 2.75) is 38.3 Å². The van der Waals surface area contributed by atoms with E-state index in [-0.39, 0.29) is 11.9 Å². The van der Waals surface area contributed by atoms with Crippen molar-refractivity contribution in [1.29, 1.82) is 0 Å². The molecule has 3 aromatic rings. The molecule has 0 saturated carbocycles. The number of rotatable bonds is 6. The van der Waals surface area contributed by atoms with Crippen molar-refractivity contribution in [3.63, 3.8) is 0 Å². The number of hydrogen-bond acceptors (Lipinski definition) is 4. The number of benzene rings is 2. The van der Waals surface area contributed by atoms with Crippen molar-refractivity contribution in [2.24, 2.45) is 0 Å². The first-order chi connectivity index (χ1) is 14.1. The van der Waals surface area contributed by atoms with Gasteiger partial charge in [0.1, 0.15) is 11.6 Å². The second-order valence-electron chi connectivity index (χ2n) is 7.23. The van der Waals surface area contributed by atoms with Gasteiger partial charge in [0.15, 0.2) is 5.79 Å². The first-order valence-corrected chi connectivity index (χ1v) is 9.76. The Balaban J connectivity index is 1.78. The number of imidazole rings is 1. The van der Waals surface area contributed by atoms with E-state index in [0.717, 1.165) is 23.4 Å². The molecule has 4 rings (SSSR count). The Morgan fingerprint density at radius 2 is 2.07 bits per heavy atom. The number of halogens is 1. The molecule has 0 radical (unpaired) electrons. The summed E-state index contributed by atoms with van der Waals surface area (Å²) in [6.07, 6.45) is 4.80. The van der Waals surface area contributed by atoms with Crippen LogP contribution in [0.25, 0.3) is 5.69 Å². The molecular weight excluding hydrogens is 371 g/mol. The smallest absolute Gasteiger partial charge is 0.199 e. The predicted molar refractivity (Wildman–Crippen MR) is 107 cm³/mol. The Hall–Kier alpha value is -2.54. The van der Waals surface area contributed by atoms with Gasteiger partial charge >= 0.3 is 0 Å². The molecule has 5 nitrogen and oxygen atoms in total. The molecule has 1 aliphatic heterocycles. The van der Waals surface area contributed by atoms with Crippen LogP contribution >= 0.6 is 0 Å². The van der Waals surface area contributed by atoms with Gasteiger partial charge in [-0.2, -0.15) is 0 Å². The van der Waals surface area contributed by atoms with E-state index in [9.17, 15) is 4.39 Å². The van der Waals surface area contributed by atoms with Gasteiger partial charge in [-0.15, -0.1) is 0 Å². The van der Waals surface area contributed by atoms with E-state index in [2.05, 4.69) is 4.98 Å². The van der Waals surface area contributed by atoms with E-state index < -0.39 is 5.79 Å². The molecule has 2 heterocycles. The van der Waals surface area contributed by atoms with E-state index >= 15 is 0 Å². The fraction of sp³-hybridized carbons (Fsp3) is 0.348. The van der Waals surface area contributed by atoms with Crippen LogP contribution in [0.15, 0.2) is 60.9 Å². The highest BCUT2D eigenvalue weighted by molar-refractivity contribution is 5.45. The summed E-state index contributed by atoms with van der Waals surface area (Å²) >= 11 is 0. The summed E-state index contributed by atoms with van der Waals surface area (Å²) in [5.74, 6) is -0.613. The van der Waals surface area contributed by atoms with E-state index in [0.29, 0.717) is 25.3 Å². The summed E-state index contributed by atoms with van der Waals surface area (Å²) in [5, 5.41) is 0. The number of aryl methyl sites for hydroxylation is 1. The Labute approximate surface area is 170 Å². The summed E-state index contributed by atoms with van der Waals surface area (Å²) in [4.78, 5) is 4.29. The fourth-order valence-corrected chi connectivity index (χ4v) is 3.82. The van der Waals surface area contributed by atoms with Gasteiger partial charge in [-0.1, -0.05) is 30.3 Å². The molecule has 6 heteroatoms. The van der Waals surface area contributed by atoms with Crippen molar-refractivity contribution in [3.8, 4) is 5.69 Å². The maximum Gasteiger partial charge on any atom is 0.199 e. The number of aromatic nitrogens is 2. The normalized spacial score (nSPS) is 22.0. The number of methoxy groups -OCH3 is 1. The molecule has 29 heavy (non-hydrogen) atoms. The van der Waals surface area contributed by atoms with Gasteiger partial charge in [0.05, 0.1) is 25.0 Å². The summed E-state index contributed by atoms with van der Waals surface area (Å²) < 4.78 is 34.4. The molecule has 0 N–H and O–H groups in total. The van der Waals surface area contributed by atoms with Gasteiger partial charge in [-0.05, 0) is 37.1 Å². The minimum atomic E-state index is -1.05. The Morgan fingerprint density at radius 1 is 1.24 bits per heavy atom. The average Bonchev–Trinajstić information content (AvgIpc) is 3.19. The molecule has 1 fully saturated rings. The highest BCUT2D eigenvalue weighted by Crippen LogP contribution is 2.41. The molecule has 1 aromatic heterocycles. The van der Waals surface area contributed by atoms with Crippen LogP contribution in [0.5, 0.6) is 0 Å². The molecule has 0 amide bonds. The molecular formula is C23H25FN2O3. The topological polar surface area (TPSA) is 45.5 Å². The minimum absolute atomic E-state index is 0.0127. The maximum atomic E-state index is 14.2. The molecule has 2 aromatic carbocycles. The molecule has 0 aliphatic carbocycles. The van der Waals surface area contributed by atoms with Crippen LogP contribution < -0.4 is 0 Å². The van der Waals surface area contributed by atoms with Crippen LogP contribution in [0.2, 0.25) is 0 Å². The van der Waals surface area contributed by atoms with Crippen LogP contribution in [-0.4, -0.2) is 29.4 Å². The maximum absolute atomic E-state index is 14.2. The molecule has 0 spiro atoms. The number of hydrogen-bond donors (Lipinski definition) is 0. The summed E-state index contributed by atoms with van der Waals surface area (Å²) in [6.45, 7) is 2.75. The Bertz CT molecular complexity index is 960. The molecule has 1 saturated heterocycles. The molecule has 152 valence electrons. The third kappa shape index (κ3) is 4.10. The SMILES string of the molecule is COC1CCOC(OCc2ccccc2)(c2ccc(F)cc2-n2ccnc2C)C1. The van der Waals surface area contributed by atoms with Crippen molar-refractivity contribution in [2.75, 3.05) is 13.7 Å². The highest BCUT2D eigenvalue weighted by Gasteiger charge is 2.43. The average molecular weight is 396 g/mol. The second-order valence-corrected chi connectivity index (χ2v) is 7.23. The quantitative estimate of drug-likeness (QED) is 0.615. The second kappa shape index (κ2) is 8.45. The van der Waals surface area contributed by atoms with Gasteiger partial charge < -0.3 is 18.8 Å². The zero-order valence-electron chi connectivity index (χ0n) is 16.7.